The SMILES string of the molecule is CCCCC/C=C\CCCCCCCCCCCCC(CCC)N(C)C. The lowest BCUT2D eigenvalue weighted by Gasteiger charge is -2.23. The largest absolute Gasteiger partial charge is 0.306 e. The van der Waals surface area contributed by atoms with Crippen molar-refractivity contribution in [3.63, 3.8) is 0 Å². The average Bonchev–Trinajstić information content (AvgIpc) is 2.63. The third-order valence-corrected chi connectivity index (χ3v) is 5.65. The molecular weight excluding hydrogens is 314 g/mol. The standard InChI is InChI=1S/C25H51N/c1-5-7-8-9-10-11-12-13-14-15-16-17-18-19-20-21-22-24-25(23-6-2)26(3)4/h10-11,25H,5-9,12-24H2,1-4H3/b11-10-. The minimum absolute atomic E-state index is 0.811. The van der Waals surface area contributed by atoms with Crippen LogP contribution in [0.15, 0.2) is 12.2 Å². The molecule has 1 heteroatoms. The molecule has 0 saturated heterocycles. The number of hydrogen-bond donors (Lipinski definition) is 0. The minimum atomic E-state index is 0.811. The molecule has 0 heterocycles. The van der Waals surface area contributed by atoms with Crippen molar-refractivity contribution in [1.29, 1.82) is 0 Å². The van der Waals surface area contributed by atoms with E-state index in [0.29, 0.717) is 0 Å². The van der Waals surface area contributed by atoms with Crippen LogP contribution in [-0.2, 0) is 0 Å². The fraction of sp³-hybridized carbons (Fsp3) is 0.920. The van der Waals surface area contributed by atoms with E-state index in [1.807, 2.05) is 0 Å². The Labute approximate surface area is 167 Å². The van der Waals surface area contributed by atoms with Crippen molar-refractivity contribution in [2.75, 3.05) is 14.1 Å². The molecule has 26 heavy (non-hydrogen) atoms. The molecule has 0 saturated carbocycles. The summed E-state index contributed by atoms with van der Waals surface area (Å²) < 4.78 is 0. The molecule has 1 atom stereocenters. The molecule has 0 aliphatic carbocycles. The number of hydrogen-bond acceptors (Lipinski definition) is 1. The maximum Gasteiger partial charge on any atom is 0.00890 e. The Bertz CT molecular complexity index is 282. The van der Waals surface area contributed by atoms with Gasteiger partial charge in [-0.3, -0.25) is 0 Å². The third kappa shape index (κ3) is 18.5. The molecule has 0 amide bonds. The van der Waals surface area contributed by atoms with Crippen molar-refractivity contribution in [3.8, 4) is 0 Å². The summed E-state index contributed by atoms with van der Waals surface area (Å²) >= 11 is 0. The van der Waals surface area contributed by atoms with E-state index in [1.54, 1.807) is 0 Å². The van der Waals surface area contributed by atoms with Gasteiger partial charge in [-0.25, -0.2) is 0 Å². The van der Waals surface area contributed by atoms with E-state index in [1.165, 1.54) is 116 Å². The zero-order chi connectivity index (χ0) is 19.3. The van der Waals surface area contributed by atoms with Crippen LogP contribution in [0.25, 0.3) is 0 Å². The maximum absolute atomic E-state index is 2.42. The summed E-state index contributed by atoms with van der Waals surface area (Å²) in [6, 6.07) is 0.811. The Balaban J connectivity index is 3.22. The molecule has 1 nitrogen and oxygen atoms in total. The van der Waals surface area contributed by atoms with Gasteiger partial charge in [0.25, 0.3) is 0 Å². The van der Waals surface area contributed by atoms with E-state index in [9.17, 15) is 0 Å². The van der Waals surface area contributed by atoms with Gasteiger partial charge in [-0.2, -0.15) is 0 Å². The van der Waals surface area contributed by atoms with E-state index in [-0.39, 0.29) is 0 Å². The minimum Gasteiger partial charge on any atom is -0.306 e. The zero-order valence-corrected chi connectivity index (χ0v) is 18.9. The fourth-order valence-corrected chi connectivity index (χ4v) is 3.80. The van der Waals surface area contributed by atoms with Crippen LogP contribution in [0.5, 0.6) is 0 Å². The monoisotopic (exact) mass is 365 g/mol. The quantitative estimate of drug-likeness (QED) is 0.154. The van der Waals surface area contributed by atoms with Gasteiger partial charge in [0.15, 0.2) is 0 Å². The first-order chi connectivity index (χ1) is 12.7. The average molecular weight is 366 g/mol. The predicted octanol–water partition coefficient (Wildman–Crippen LogP) is 8.53. The second-order valence-electron chi connectivity index (χ2n) is 8.49. The Kier molecular flexibility index (Phi) is 20.8. The Morgan fingerprint density at radius 3 is 1.46 bits per heavy atom. The second-order valence-corrected chi connectivity index (χ2v) is 8.49. The molecule has 0 rings (SSSR count). The summed E-state index contributed by atoms with van der Waals surface area (Å²) in [6.45, 7) is 4.58. The van der Waals surface area contributed by atoms with Gasteiger partial charge in [0.05, 0.1) is 0 Å². The van der Waals surface area contributed by atoms with Gasteiger partial charge in [-0.15, -0.1) is 0 Å². The summed E-state index contributed by atoms with van der Waals surface area (Å²) in [7, 11) is 4.48. The van der Waals surface area contributed by atoms with Gasteiger partial charge >= 0.3 is 0 Å². The second kappa shape index (κ2) is 21.0. The lowest BCUT2D eigenvalue weighted by atomic mass is 10.0. The molecule has 0 radical (unpaired) electrons. The lowest BCUT2D eigenvalue weighted by Crippen LogP contribution is -2.27. The topological polar surface area (TPSA) is 3.24 Å². The van der Waals surface area contributed by atoms with Gasteiger partial charge in [-0.1, -0.05) is 103 Å². The van der Waals surface area contributed by atoms with Gasteiger partial charge < -0.3 is 4.90 Å². The molecule has 0 aliphatic rings. The number of rotatable bonds is 20. The van der Waals surface area contributed by atoms with E-state index in [4.69, 9.17) is 0 Å². The molecule has 0 aromatic rings. The van der Waals surface area contributed by atoms with Crippen LogP contribution in [0.3, 0.4) is 0 Å². The van der Waals surface area contributed by atoms with E-state index in [2.05, 4.69) is 45.0 Å². The Morgan fingerprint density at radius 2 is 1.00 bits per heavy atom. The van der Waals surface area contributed by atoms with Crippen LogP contribution in [0, 0.1) is 0 Å². The first-order valence-corrected chi connectivity index (χ1v) is 12.0. The lowest BCUT2D eigenvalue weighted by molar-refractivity contribution is 0.256. The summed E-state index contributed by atoms with van der Waals surface area (Å²) in [5.74, 6) is 0. The Morgan fingerprint density at radius 1 is 0.538 bits per heavy atom. The smallest absolute Gasteiger partial charge is 0.00890 e. The van der Waals surface area contributed by atoms with Crippen LogP contribution in [0.4, 0.5) is 0 Å². The summed E-state index contributed by atoms with van der Waals surface area (Å²) in [4.78, 5) is 2.42. The third-order valence-electron chi connectivity index (χ3n) is 5.65. The molecule has 0 aliphatic heterocycles. The number of unbranched alkanes of at least 4 members (excludes halogenated alkanes) is 13. The molecule has 0 bridgehead atoms. The number of nitrogens with zero attached hydrogens (tertiary/aromatic N) is 1. The molecule has 0 fully saturated rings. The van der Waals surface area contributed by atoms with Crippen molar-refractivity contribution in [1.82, 2.24) is 4.90 Å². The fourth-order valence-electron chi connectivity index (χ4n) is 3.80. The van der Waals surface area contributed by atoms with Gasteiger partial charge in [0, 0.05) is 6.04 Å². The number of allylic oxidation sites excluding steroid dienone is 2. The first kappa shape index (κ1) is 25.7. The van der Waals surface area contributed by atoms with Crippen molar-refractivity contribution < 1.29 is 0 Å². The van der Waals surface area contributed by atoms with Crippen LogP contribution in [-0.4, -0.2) is 25.0 Å². The van der Waals surface area contributed by atoms with Gasteiger partial charge in [0.1, 0.15) is 0 Å². The highest BCUT2D eigenvalue weighted by atomic mass is 15.1. The molecule has 0 aromatic carbocycles. The highest BCUT2D eigenvalue weighted by molar-refractivity contribution is 4.81. The Hall–Kier alpha value is -0.300. The molecular formula is C25H51N. The maximum atomic E-state index is 2.42. The summed E-state index contributed by atoms with van der Waals surface area (Å²) in [5, 5.41) is 0. The zero-order valence-electron chi connectivity index (χ0n) is 18.9. The van der Waals surface area contributed by atoms with E-state index in [0.717, 1.165) is 6.04 Å². The predicted molar refractivity (Wildman–Crippen MR) is 121 cm³/mol. The molecule has 1 unspecified atom stereocenters. The highest BCUT2D eigenvalue weighted by Gasteiger charge is 2.09. The van der Waals surface area contributed by atoms with E-state index >= 15 is 0 Å². The van der Waals surface area contributed by atoms with Gasteiger partial charge in [0.2, 0.25) is 0 Å². The normalized spacial score (nSPS) is 13.1. The van der Waals surface area contributed by atoms with Crippen molar-refractivity contribution in [3.05, 3.63) is 12.2 Å². The summed E-state index contributed by atoms with van der Waals surface area (Å²) in [5.41, 5.74) is 0. The molecule has 0 N–H and O–H groups in total. The highest BCUT2D eigenvalue weighted by Crippen LogP contribution is 2.15. The van der Waals surface area contributed by atoms with Crippen molar-refractivity contribution in [2.45, 2.75) is 135 Å². The molecule has 156 valence electrons. The van der Waals surface area contributed by atoms with Crippen molar-refractivity contribution in [2.24, 2.45) is 0 Å². The van der Waals surface area contributed by atoms with Crippen LogP contribution >= 0.6 is 0 Å². The van der Waals surface area contributed by atoms with Crippen molar-refractivity contribution >= 4 is 0 Å². The first-order valence-electron chi connectivity index (χ1n) is 12.0. The van der Waals surface area contributed by atoms with Crippen LogP contribution in [0.1, 0.15) is 129 Å². The van der Waals surface area contributed by atoms with Gasteiger partial charge in [-0.05, 0) is 52.6 Å². The molecule has 0 aromatic heterocycles. The van der Waals surface area contributed by atoms with E-state index < -0.39 is 0 Å². The van der Waals surface area contributed by atoms with Crippen LogP contribution < -0.4 is 0 Å². The van der Waals surface area contributed by atoms with Crippen LogP contribution in [0.2, 0.25) is 0 Å². The summed E-state index contributed by atoms with van der Waals surface area (Å²) in [6.07, 6.45) is 30.0. The molecule has 0 spiro atoms.